The molecule has 3 radical (unpaired) electrons. The van der Waals surface area contributed by atoms with E-state index in [0.29, 0.717) is 68.3 Å². The molecule has 1 saturated heterocycles. The number of hydrogen-bond donors (Lipinski definition) is 2. The molecule has 2 bridgehead atoms. The van der Waals surface area contributed by atoms with Crippen LogP contribution in [0.15, 0.2) is 17.2 Å². The van der Waals surface area contributed by atoms with Crippen molar-refractivity contribution in [3.05, 3.63) is 39.7 Å². The maximum Gasteiger partial charge on any atom is 0.276 e. The van der Waals surface area contributed by atoms with Crippen LogP contribution in [-0.2, 0) is 22.5 Å². The lowest BCUT2D eigenvalue weighted by Gasteiger charge is -2.34. The van der Waals surface area contributed by atoms with Gasteiger partial charge in [-0.3, -0.25) is 14.4 Å². The summed E-state index contributed by atoms with van der Waals surface area (Å²) in [6.45, 7) is 5.30. The molecule has 0 spiro atoms. The molecule has 2 saturated carbocycles. The summed E-state index contributed by atoms with van der Waals surface area (Å²) in [7, 11) is 3.99. The first-order valence-electron chi connectivity index (χ1n) is 17.1. The third kappa shape index (κ3) is 5.80. The normalized spacial score (nSPS) is 23.3. The van der Waals surface area contributed by atoms with Gasteiger partial charge in [0.05, 0.1) is 24.6 Å². The average molecular weight is 673 g/mol. The van der Waals surface area contributed by atoms with Crippen molar-refractivity contribution < 1.29 is 19.4 Å². The van der Waals surface area contributed by atoms with E-state index in [0.717, 1.165) is 37.8 Å². The molecule has 15 heteroatoms. The molecule has 2 aliphatic carbocycles. The summed E-state index contributed by atoms with van der Waals surface area (Å²) in [4.78, 5) is 55.6. The number of amides is 2. The van der Waals surface area contributed by atoms with E-state index in [4.69, 9.17) is 14.9 Å². The van der Waals surface area contributed by atoms with E-state index in [2.05, 4.69) is 30.4 Å². The summed E-state index contributed by atoms with van der Waals surface area (Å²) >= 11 is 0. The van der Waals surface area contributed by atoms with Gasteiger partial charge in [-0.15, -0.1) is 10.2 Å². The third-order valence-electron chi connectivity index (χ3n) is 10.4. The lowest BCUT2D eigenvalue weighted by molar-refractivity contribution is -0.122. The molecule has 48 heavy (non-hydrogen) atoms. The minimum absolute atomic E-state index is 0.0136. The minimum atomic E-state index is -0.371. The van der Waals surface area contributed by atoms with Crippen LogP contribution in [0, 0.1) is 6.92 Å². The maximum atomic E-state index is 14.6. The van der Waals surface area contributed by atoms with Crippen molar-refractivity contribution in [1.29, 1.82) is 0 Å². The largest absolute Gasteiger partial charge is 0.504 e. The zero-order chi connectivity index (χ0) is 33.5. The van der Waals surface area contributed by atoms with E-state index in [-0.39, 0.29) is 64.4 Å². The van der Waals surface area contributed by atoms with E-state index in [9.17, 15) is 19.5 Å². The first kappa shape index (κ1) is 32.4. The van der Waals surface area contributed by atoms with Crippen molar-refractivity contribution in [2.24, 2.45) is 0 Å². The highest BCUT2D eigenvalue weighted by Crippen LogP contribution is 2.41. The first-order chi connectivity index (χ1) is 23.3. The number of ether oxygens (including phenoxy) is 1. The molecule has 3 fully saturated rings. The van der Waals surface area contributed by atoms with Gasteiger partial charge < -0.3 is 29.5 Å². The van der Waals surface area contributed by atoms with E-state index >= 15 is 0 Å². The number of fused-ring (bicyclic) bond motifs is 3. The summed E-state index contributed by atoms with van der Waals surface area (Å²) in [5.41, 5.74) is 2.55. The van der Waals surface area contributed by atoms with Crippen LogP contribution in [0.4, 0.5) is 5.69 Å². The zero-order valence-electron chi connectivity index (χ0n) is 27.5. The molecule has 0 aromatic carbocycles. The molecule has 14 nitrogen and oxygen atoms in total. The van der Waals surface area contributed by atoms with Crippen molar-refractivity contribution in [3.8, 4) is 5.75 Å². The molecule has 3 atom stereocenters. The number of pyridine rings is 1. The molecule has 3 aromatic heterocycles. The van der Waals surface area contributed by atoms with Gasteiger partial charge in [0.15, 0.2) is 22.6 Å². The second-order valence-electron chi connectivity index (χ2n) is 13.2. The fraction of sp³-hybridized carbons (Fsp3) is 0.606. The van der Waals surface area contributed by atoms with Gasteiger partial charge in [-0.25, -0.2) is 9.97 Å². The second kappa shape index (κ2) is 13.4. The Hall–Kier alpha value is -4.11. The van der Waals surface area contributed by atoms with Gasteiger partial charge in [-0.2, -0.15) is 4.80 Å². The van der Waals surface area contributed by atoms with Crippen LogP contribution >= 0.6 is 0 Å². The van der Waals surface area contributed by atoms with Gasteiger partial charge in [0.25, 0.3) is 5.91 Å². The number of aromatic hydroxyl groups is 1. The average Bonchev–Trinajstić information content (AvgIpc) is 3.67. The molecule has 253 valence electrons. The first-order valence-corrected chi connectivity index (χ1v) is 17.7. The number of carbonyl (C=O) groups excluding carboxylic acids is 2. The molecule has 5 heterocycles. The Morgan fingerprint density at radius 1 is 1.08 bits per heavy atom. The SMILES string of the molecule is CCc1c(N2CCN(C(=O)c3ncnc(C)c3O)[C@H]3CC[C@H]2C3[Si])c(=O)c2nn(C3=CCOCC3)nc2n1CC(=O)NC1CCCCC1. The van der Waals surface area contributed by atoms with Crippen LogP contribution < -0.4 is 15.6 Å². The minimum Gasteiger partial charge on any atom is -0.504 e. The molecule has 2 amide bonds. The van der Waals surface area contributed by atoms with Gasteiger partial charge in [0, 0.05) is 53.6 Å². The third-order valence-corrected chi connectivity index (χ3v) is 11.2. The van der Waals surface area contributed by atoms with Crippen molar-refractivity contribution in [3.63, 3.8) is 0 Å². The smallest absolute Gasteiger partial charge is 0.276 e. The number of aromatic nitrogens is 6. The second-order valence-corrected chi connectivity index (χ2v) is 13.9. The van der Waals surface area contributed by atoms with Crippen molar-refractivity contribution in [2.45, 2.75) is 102 Å². The zero-order valence-corrected chi connectivity index (χ0v) is 28.5. The summed E-state index contributed by atoms with van der Waals surface area (Å²) in [5, 5.41) is 23.4. The standard InChI is InChI=1S/C33H42N9O5Si/c1-3-22-28(39-13-14-40(24-10-9-23(39)31(24)48)33(46)27-29(44)19(2)34-18-35-27)30(45)26-32(38-42(37-26)21-11-15-47-16-12-21)41(22)17-25(43)36-20-7-5-4-6-8-20/h11,18,20,23-24,31,44H,3-10,12-17H2,1-2H3,(H,36,43)/t23-,24-,31?/m0/s1. The Morgan fingerprint density at radius 2 is 1.88 bits per heavy atom. The van der Waals surface area contributed by atoms with Crippen molar-refractivity contribution >= 4 is 44.6 Å². The van der Waals surface area contributed by atoms with Gasteiger partial charge in [-0.1, -0.05) is 26.2 Å². The molecular weight excluding hydrogens is 631 g/mol. The van der Waals surface area contributed by atoms with E-state index in [1.807, 2.05) is 17.6 Å². The van der Waals surface area contributed by atoms with Crippen LogP contribution in [0.3, 0.4) is 0 Å². The Kier molecular flexibility index (Phi) is 9.07. The van der Waals surface area contributed by atoms with Crippen LogP contribution in [0.2, 0.25) is 5.54 Å². The van der Waals surface area contributed by atoms with Crippen molar-refractivity contribution in [2.75, 3.05) is 31.2 Å². The Balaban J connectivity index is 1.30. The quantitative estimate of drug-likeness (QED) is 0.356. The molecule has 1 unspecified atom stereocenters. The molecule has 7 rings (SSSR count). The summed E-state index contributed by atoms with van der Waals surface area (Å²) in [5.74, 6) is -0.706. The number of hydrogen-bond acceptors (Lipinski definition) is 10. The number of nitrogens with one attached hydrogen (secondary N) is 1. The van der Waals surface area contributed by atoms with Crippen LogP contribution in [0.1, 0.15) is 80.2 Å². The molecule has 2 aliphatic heterocycles. The highest BCUT2D eigenvalue weighted by atomic mass is 28.1. The predicted molar refractivity (Wildman–Crippen MR) is 179 cm³/mol. The van der Waals surface area contributed by atoms with Crippen LogP contribution in [-0.4, -0.2) is 106 Å². The summed E-state index contributed by atoms with van der Waals surface area (Å²) < 4.78 is 7.37. The molecule has 3 aromatic rings. The van der Waals surface area contributed by atoms with Crippen LogP contribution in [0.25, 0.3) is 16.9 Å². The van der Waals surface area contributed by atoms with Crippen molar-refractivity contribution in [1.82, 2.24) is 39.7 Å². The summed E-state index contributed by atoms with van der Waals surface area (Å²) in [6.07, 6.45) is 11.1. The predicted octanol–water partition coefficient (Wildman–Crippen LogP) is 2.12. The number of anilines is 1. The van der Waals surface area contributed by atoms with Gasteiger partial charge >= 0.3 is 0 Å². The molecule has 4 aliphatic rings. The molecule has 2 N–H and O–H groups in total. The van der Waals surface area contributed by atoms with E-state index < -0.39 is 0 Å². The Labute approximate surface area is 282 Å². The monoisotopic (exact) mass is 672 g/mol. The number of nitrogens with zero attached hydrogens (tertiary/aromatic N) is 8. The fourth-order valence-corrected chi connectivity index (χ4v) is 8.63. The lowest BCUT2D eigenvalue weighted by Crippen LogP contribution is -2.44. The highest BCUT2D eigenvalue weighted by molar-refractivity contribution is 6.13. The number of rotatable bonds is 7. The fourth-order valence-electron chi connectivity index (χ4n) is 7.94. The van der Waals surface area contributed by atoms with Gasteiger partial charge in [0.1, 0.15) is 18.6 Å². The summed E-state index contributed by atoms with van der Waals surface area (Å²) in [6, 6.07) is -0.124. The molecular formula is C33H42N9O5Si. The topological polar surface area (TPSA) is 161 Å². The van der Waals surface area contributed by atoms with Gasteiger partial charge in [0.2, 0.25) is 11.3 Å². The van der Waals surface area contributed by atoms with Crippen LogP contribution in [0.5, 0.6) is 5.75 Å². The Bertz CT molecular complexity index is 1820. The lowest BCUT2D eigenvalue weighted by atomic mass is 9.95. The maximum absolute atomic E-state index is 14.6. The van der Waals surface area contributed by atoms with Gasteiger partial charge in [-0.05, 0) is 50.6 Å². The number of carbonyl (C=O) groups is 2. The number of aryl methyl sites for hydroxylation is 1. The Morgan fingerprint density at radius 3 is 2.62 bits per heavy atom. The van der Waals surface area contributed by atoms with E-state index in [1.165, 1.54) is 17.5 Å². The van der Waals surface area contributed by atoms with E-state index in [1.54, 1.807) is 11.8 Å². The highest BCUT2D eigenvalue weighted by Gasteiger charge is 2.46.